The molecule has 1 heterocycles. The molecule has 0 aliphatic carbocycles. The summed E-state index contributed by atoms with van der Waals surface area (Å²) < 4.78 is 1.84. The molecule has 0 bridgehead atoms. The molecule has 2 aromatic rings. The number of nitrogens with one attached hydrogen (secondary N) is 1. The van der Waals surface area contributed by atoms with Crippen LogP contribution in [0, 0.1) is 12.8 Å². The molecular formula is C16H21N3O. The Hall–Kier alpha value is -2.10. The Morgan fingerprint density at radius 1 is 1.30 bits per heavy atom. The van der Waals surface area contributed by atoms with E-state index in [1.807, 2.05) is 49.7 Å². The minimum atomic E-state index is 0.0363. The van der Waals surface area contributed by atoms with Crippen LogP contribution in [0.1, 0.15) is 31.5 Å². The topological polar surface area (TPSA) is 46.9 Å². The molecule has 0 saturated heterocycles. The first-order valence-corrected chi connectivity index (χ1v) is 6.93. The van der Waals surface area contributed by atoms with E-state index in [2.05, 4.69) is 22.5 Å². The Labute approximate surface area is 119 Å². The summed E-state index contributed by atoms with van der Waals surface area (Å²) in [6, 6.07) is 12.0. The second kappa shape index (κ2) is 6.37. The fraction of sp³-hybridized carbons (Fsp3) is 0.375. The smallest absolute Gasteiger partial charge is 0.225 e. The molecule has 1 aromatic carbocycles. The number of benzene rings is 1. The molecule has 0 radical (unpaired) electrons. The number of anilines is 1. The van der Waals surface area contributed by atoms with Crippen molar-refractivity contribution in [3.8, 4) is 0 Å². The van der Waals surface area contributed by atoms with E-state index in [9.17, 15) is 4.79 Å². The van der Waals surface area contributed by atoms with Gasteiger partial charge in [0.25, 0.3) is 0 Å². The van der Waals surface area contributed by atoms with Crippen LogP contribution in [0.2, 0.25) is 0 Å². The van der Waals surface area contributed by atoms with Gasteiger partial charge in [-0.05, 0) is 18.4 Å². The van der Waals surface area contributed by atoms with E-state index in [4.69, 9.17) is 0 Å². The van der Waals surface area contributed by atoms with Crippen molar-refractivity contribution < 1.29 is 4.79 Å². The third-order valence-electron chi connectivity index (χ3n) is 2.94. The molecule has 1 amide bonds. The second-order valence-corrected chi connectivity index (χ2v) is 5.46. The number of hydrogen-bond acceptors (Lipinski definition) is 2. The lowest BCUT2D eigenvalue weighted by atomic mass is 10.1. The Bertz CT molecular complexity index is 573. The summed E-state index contributed by atoms with van der Waals surface area (Å²) in [6.07, 6.45) is 0.523. The number of carbonyl (C=O) groups excluding carboxylic acids is 1. The van der Waals surface area contributed by atoms with Crippen molar-refractivity contribution in [3.05, 3.63) is 47.7 Å². The molecule has 106 valence electrons. The van der Waals surface area contributed by atoms with Crippen LogP contribution < -0.4 is 5.32 Å². The van der Waals surface area contributed by atoms with Gasteiger partial charge < -0.3 is 5.32 Å². The number of nitrogens with zero attached hydrogens (tertiary/aromatic N) is 2. The van der Waals surface area contributed by atoms with Gasteiger partial charge in [0.2, 0.25) is 5.91 Å². The van der Waals surface area contributed by atoms with E-state index in [0.717, 1.165) is 17.1 Å². The molecule has 0 aliphatic rings. The monoisotopic (exact) mass is 271 g/mol. The van der Waals surface area contributed by atoms with Gasteiger partial charge in [0.15, 0.2) is 0 Å². The van der Waals surface area contributed by atoms with Crippen molar-refractivity contribution in [2.45, 2.75) is 33.7 Å². The first kappa shape index (κ1) is 14.3. The summed E-state index contributed by atoms with van der Waals surface area (Å²) in [5.74, 6) is 1.15. The molecule has 20 heavy (non-hydrogen) atoms. The van der Waals surface area contributed by atoms with Gasteiger partial charge in [-0.25, -0.2) is 4.68 Å². The van der Waals surface area contributed by atoms with Gasteiger partial charge in [0.1, 0.15) is 5.82 Å². The van der Waals surface area contributed by atoms with Crippen molar-refractivity contribution in [1.29, 1.82) is 0 Å². The number of hydrogen-bond donors (Lipinski definition) is 1. The molecular weight excluding hydrogens is 250 g/mol. The van der Waals surface area contributed by atoms with Crippen LogP contribution in [-0.2, 0) is 11.3 Å². The van der Waals surface area contributed by atoms with Gasteiger partial charge in [-0.1, -0.05) is 44.2 Å². The lowest BCUT2D eigenvalue weighted by Crippen LogP contribution is -2.17. The molecule has 0 spiro atoms. The highest BCUT2D eigenvalue weighted by molar-refractivity contribution is 5.90. The molecule has 4 nitrogen and oxygen atoms in total. The maximum absolute atomic E-state index is 11.9. The van der Waals surface area contributed by atoms with Gasteiger partial charge >= 0.3 is 0 Å². The second-order valence-electron chi connectivity index (χ2n) is 5.46. The zero-order chi connectivity index (χ0) is 14.5. The first-order chi connectivity index (χ1) is 9.54. The van der Waals surface area contributed by atoms with Gasteiger partial charge in [-0.2, -0.15) is 5.10 Å². The summed E-state index contributed by atoms with van der Waals surface area (Å²) >= 11 is 0. The van der Waals surface area contributed by atoms with E-state index < -0.39 is 0 Å². The number of carbonyl (C=O) groups is 1. The van der Waals surface area contributed by atoms with Gasteiger partial charge in [0, 0.05) is 12.5 Å². The zero-order valence-electron chi connectivity index (χ0n) is 12.3. The highest BCUT2D eigenvalue weighted by Crippen LogP contribution is 2.14. The van der Waals surface area contributed by atoms with Crippen LogP contribution in [0.4, 0.5) is 5.82 Å². The number of rotatable bonds is 5. The Morgan fingerprint density at radius 3 is 2.65 bits per heavy atom. The molecule has 1 aromatic heterocycles. The maximum atomic E-state index is 11.9. The fourth-order valence-electron chi connectivity index (χ4n) is 2.09. The van der Waals surface area contributed by atoms with Gasteiger partial charge in [0.05, 0.1) is 12.2 Å². The van der Waals surface area contributed by atoms with Crippen molar-refractivity contribution in [1.82, 2.24) is 9.78 Å². The van der Waals surface area contributed by atoms with Crippen molar-refractivity contribution in [2.24, 2.45) is 5.92 Å². The SMILES string of the molecule is Cc1cc(NC(=O)CC(C)C)n(Cc2ccccc2)n1. The summed E-state index contributed by atoms with van der Waals surface area (Å²) in [6.45, 7) is 6.66. The molecule has 4 heteroatoms. The minimum Gasteiger partial charge on any atom is -0.311 e. The predicted octanol–water partition coefficient (Wildman–Crippen LogP) is 3.22. The fourth-order valence-corrected chi connectivity index (χ4v) is 2.09. The highest BCUT2D eigenvalue weighted by atomic mass is 16.1. The molecule has 2 rings (SSSR count). The largest absolute Gasteiger partial charge is 0.311 e. The molecule has 0 fully saturated rings. The van der Waals surface area contributed by atoms with Crippen LogP contribution in [0.25, 0.3) is 0 Å². The highest BCUT2D eigenvalue weighted by Gasteiger charge is 2.10. The average molecular weight is 271 g/mol. The van der Waals surface area contributed by atoms with Gasteiger partial charge in [-0.3, -0.25) is 4.79 Å². The maximum Gasteiger partial charge on any atom is 0.225 e. The van der Waals surface area contributed by atoms with E-state index in [-0.39, 0.29) is 5.91 Å². The van der Waals surface area contributed by atoms with Crippen molar-refractivity contribution in [2.75, 3.05) is 5.32 Å². The summed E-state index contributed by atoms with van der Waals surface area (Å²) in [4.78, 5) is 11.9. The van der Waals surface area contributed by atoms with Crippen molar-refractivity contribution in [3.63, 3.8) is 0 Å². The van der Waals surface area contributed by atoms with E-state index >= 15 is 0 Å². The first-order valence-electron chi connectivity index (χ1n) is 6.93. The van der Waals surface area contributed by atoms with Crippen LogP contribution in [0.15, 0.2) is 36.4 Å². The van der Waals surface area contributed by atoms with Crippen LogP contribution >= 0.6 is 0 Å². The summed E-state index contributed by atoms with van der Waals surface area (Å²) in [5.41, 5.74) is 2.07. The van der Waals surface area contributed by atoms with Crippen LogP contribution in [0.5, 0.6) is 0 Å². The Balaban J connectivity index is 2.12. The molecule has 1 N–H and O–H groups in total. The van der Waals surface area contributed by atoms with Crippen LogP contribution in [-0.4, -0.2) is 15.7 Å². The molecule has 0 atom stereocenters. The summed E-state index contributed by atoms with van der Waals surface area (Å²) in [7, 11) is 0. The van der Waals surface area contributed by atoms with E-state index in [1.165, 1.54) is 0 Å². The number of amides is 1. The van der Waals surface area contributed by atoms with E-state index in [1.54, 1.807) is 0 Å². The third kappa shape index (κ3) is 3.95. The summed E-state index contributed by atoms with van der Waals surface area (Å²) in [5, 5.41) is 7.38. The quantitative estimate of drug-likeness (QED) is 0.907. The number of aryl methyl sites for hydroxylation is 1. The van der Waals surface area contributed by atoms with Crippen LogP contribution in [0.3, 0.4) is 0 Å². The average Bonchev–Trinajstić information content (AvgIpc) is 2.69. The predicted molar refractivity (Wildman–Crippen MR) is 80.6 cm³/mol. The molecule has 0 aliphatic heterocycles. The zero-order valence-corrected chi connectivity index (χ0v) is 12.3. The lowest BCUT2D eigenvalue weighted by molar-refractivity contribution is -0.116. The third-order valence-corrected chi connectivity index (χ3v) is 2.94. The number of aromatic nitrogens is 2. The lowest BCUT2D eigenvalue weighted by Gasteiger charge is -2.10. The standard InChI is InChI=1S/C16H21N3O/c1-12(2)9-16(20)17-15-10-13(3)18-19(15)11-14-7-5-4-6-8-14/h4-8,10,12H,9,11H2,1-3H3,(H,17,20). The molecule has 0 saturated carbocycles. The Morgan fingerprint density at radius 2 is 2.00 bits per heavy atom. The normalized spacial score (nSPS) is 10.8. The van der Waals surface area contributed by atoms with Crippen molar-refractivity contribution >= 4 is 11.7 Å². The van der Waals surface area contributed by atoms with Gasteiger partial charge in [-0.15, -0.1) is 0 Å². The molecule has 0 unspecified atom stereocenters. The Kier molecular flexibility index (Phi) is 4.56. The van der Waals surface area contributed by atoms with E-state index in [0.29, 0.717) is 18.9 Å². The minimum absolute atomic E-state index is 0.0363.